The van der Waals surface area contributed by atoms with Gasteiger partial charge in [-0.1, -0.05) is 11.6 Å². The van der Waals surface area contributed by atoms with Crippen LogP contribution in [0.5, 0.6) is 0 Å². The van der Waals surface area contributed by atoms with Crippen molar-refractivity contribution < 1.29 is 9.59 Å². The lowest BCUT2D eigenvalue weighted by atomic mass is 9.92. The van der Waals surface area contributed by atoms with Gasteiger partial charge in [0.1, 0.15) is 0 Å². The number of halogens is 1. The number of nitrogens with two attached hydrogens (primary N) is 1. The van der Waals surface area contributed by atoms with Gasteiger partial charge in [0, 0.05) is 23.8 Å². The van der Waals surface area contributed by atoms with E-state index in [4.69, 9.17) is 17.3 Å². The fraction of sp³-hybridized carbons (Fsp3) is 0.429. The molecule has 1 aromatic rings. The first-order valence-corrected chi connectivity index (χ1v) is 6.77. The van der Waals surface area contributed by atoms with Crippen LogP contribution >= 0.6 is 11.6 Å². The van der Waals surface area contributed by atoms with Gasteiger partial charge in [0.05, 0.1) is 11.0 Å². The second kappa shape index (κ2) is 6.61. The van der Waals surface area contributed by atoms with E-state index in [1.807, 2.05) is 6.92 Å². The summed E-state index contributed by atoms with van der Waals surface area (Å²) in [4.78, 5) is 23.4. The Morgan fingerprint density at radius 2 is 2.00 bits per heavy atom. The van der Waals surface area contributed by atoms with Crippen molar-refractivity contribution in [2.75, 3.05) is 18.4 Å². The van der Waals surface area contributed by atoms with Crippen LogP contribution in [0.25, 0.3) is 0 Å². The number of hydrogen-bond donors (Lipinski definition) is 3. The van der Waals surface area contributed by atoms with Gasteiger partial charge in [0.25, 0.3) is 5.91 Å². The molecule has 0 saturated carbocycles. The highest BCUT2D eigenvalue weighted by Crippen LogP contribution is 2.21. The van der Waals surface area contributed by atoms with Crippen LogP contribution in [0.2, 0.25) is 5.02 Å². The Labute approximate surface area is 123 Å². The molecule has 5 nitrogen and oxygen atoms in total. The van der Waals surface area contributed by atoms with Gasteiger partial charge >= 0.3 is 0 Å². The van der Waals surface area contributed by atoms with Gasteiger partial charge in [-0.15, -0.1) is 0 Å². The van der Waals surface area contributed by atoms with Gasteiger partial charge in [0.15, 0.2) is 0 Å². The third kappa shape index (κ3) is 4.13. The van der Waals surface area contributed by atoms with Crippen LogP contribution < -0.4 is 16.4 Å². The zero-order valence-corrected chi connectivity index (χ0v) is 12.7. The lowest BCUT2D eigenvalue weighted by Gasteiger charge is -2.21. The number of anilines is 1. The molecule has 20 heavy (non-hydrogen) atoms. The van der Waals surface area contributed by atoms with Gasteiger partial charge in [-0.3, -0.25) is 9.59 Å². The Morgan fingerprint density at radius 3 is 2.55 bits per heavy atom. The molecule has 0 aromatic heterocycles. The van der Waals surface area contributed by atoms with Crippen molar-refractivity contribution in [1.29, 1.82) is 0 Å². The van der Waals surface area contributed by atoms with Crippen LogP contribution in [0.3, 0.4) is 0 Å². The molecule has 0 unspecified atom stereocenters. The van der Waals surface area contributed by atoms with Gasteiger partial charge in [-0.2, -0.15) is 0 Å². The van der Waals surface area contributed by atoms with Crippen molar-refractivity contribution in [3.63, 3.8) is 0 Å². The van der Waals surface area contributed by atoms with E-state index in [0.717, 1.165) is 0 Å². The number of amides is 2. The SMILES string of the molecule is CCNc1ccc(Cl)cc1C(=O)NCC(C)(C)C(N)=O. The lowest BCUT2D eigenvalue weighted by Crippen LogP contribution is -2.42. The van der Waals surface area contributed by atoms with Crippen molar-refractivity contribution in [3.05, 3.63) is 28.8 Å². The number of carbonyl (C=O) groups is 2. The molecular formula is C14H20ClN3O2. The molecule has 0 aliphatic heterocycles. The fourth-order valence-electron chi connectivity index (χ4n) is 1.53. The molecule has 0 saturated heterocycles. The average molecular weight is 298 g/mol. The zero-order chi connectivity index (χ0) is 15.3. The van der Waals surface area contributed by atoms with E-state index in [2.05, 4.69) is 10.6 Å². The molecule has 0 spiro atoms. The number of hydrogen-bond acceptors (Lipinski definition) is 3. The van der Waals surface area contributed by atoms with Crippen molar-refractivity contribution in [1.82, 2.24) is 5.32 Å². The first-order valence-electron chi connectivity index (χ1n) is 6.39. The standard InChI is InChI=1S/C14H20ClN3O2/c1-4-17-11-6-5-9(15)7-10(11)12(19)18-8-14(2,3)13(16)20/h5-7,17H,4,8H2,1-3H3,(H2,16,20)(H,18,19). The van der Waals surface area contributed by atoms with Gasteiger partial charge in [-0.05, 0) is 39.0 Å². The fourth-order valence-corrected chi connectivity index (χ4v) is 1.70. The summed E-state index contributed by atoms with van der Waals surface area (Å²) in [5, 5.41) is 6.28. The number of nitrogens with one attached hydrogen (secondary N) is 2. The Kier molecular flexibility index (Phi) is 5.39. The number of benzene rings is 1. The second-order valence-electron chi connectivity index (χ2n) is 5.15. The van der Waals surface area contributed by atoms with Crippen molar-refractivity contribution >= 4 is 29.1 Å². The van der Waals surface area contributed by atoms with E-state index in [-0.39, 0.29) is 12.5 Å². The van der Waals surface area contributed by atoms with Crippen molar-refractivity contribution in [2.45, 2.75) is 20.8 Å². The summed E-state index contributed by atoms with van der Waals surface area (Å²) in [6, 6.07) is 5.05. The summed E-state index contributed by atoms with van der Waals surface area (Å²) in [6.45, 7) is 6.15. The predicted molar refractivity (Wildman–Crippen MR) is 80.9 cm³/mol. The maximum absolute atomic E-state index is 12.2. The molecule has 4 N–H and O–H groups in total. The monoisotopic (exact) mass is 297 g/mol. The van der Waals surface area contributed by atoms with Crippen LogP contribution in [-0.2, 0) is 4.79 Å². The molecule has 1 aromatic carbocycles. The summed E-state index contributed by atoms with van der Waals surface area (Å²) >= 11 is 5.92. The Bertz CT molecular complexity index is 515. The molecule has 6 heteroatoms. The topological polar surface area (TPSA) is 84.2 Å². The van der Waals surface area contributed by atoms with Gasteiger partial charge < -0.3 is 16.4 Å². The van der Waals surface area contributed by atoms with E-state index in [1.165, 1.54) is 0 Å². The zero-order valence-electron chi connectivity index (χ0n) is 11.9. The van der Waals surface area contributed by atoms with E-state index in [9.17, 15) is 9.59 Å². The summed E-state index contributed by atoms with van der Waals surface area (Å²) in [7, 11) is 0. The smallest absolute Gasteiger partial charge is 0.253 e. The Hall–Kier alpha value is -1.75. The van der Waals surface area contributed by atoms with Crippen LogP contribution in [0.15, 0.2) is 18.2 Å². The summed E-state index contributed by atoms with van der Waals surface area (Å²) in [6.07, 6.45) is 0. The molecule has 2 amide bonds. The highest BCUT2D eigenvalue weighted by atomic mass is 35.5. The molecular weight excluding hydrogens is 278 g/mol. The van der Waals surface area contributed by atoms with Crippen molar-refractivity contribution in [3.8, 4) is 0 Å². The highest BCUT2D eigenvalue weighted by Gasteiger charge is 2.26. The summed E-state index contributed by atoms with van der Waals surface area (Å²) in [5.74, 6) is -0.756. The molecule has 0 bridgehead atoms. The third-order valence-corrected chi connectivity index (χ3v) is 3.19. The molecule has 0 radical (unpaired) electrons. The number of primary amides is 1. The molecule has 110 valence electrons. The molecule has 0 heterocycles. The van der Waals surface area contributed by atoms with Gasteiger partial charge in [0.2, 0.25) is 5.91 Å². The molecule has 1 rings (SSSR count). The molecule has 0 atom stereocenters. The maximum Gasteiger partial charge on any atom is 0.253 e. The largest absolute Gasteiger partial charge is 0.385 e. The highest BCUT2D eigenvalue weighted by molar-refractivity contribution is 6.31. The molecule has 0 fully saturated rings. The number of rotatable bonds is 6. The van der Waals surface area contributed by atoms with Crippen LogP contribution in [-0.4, -0.2) is 24.9 Å². The first kappa shape index (κ1) is 16.3. The predicted octanol–water partition coefficient (Wildman–Crippen LogP) is 2.01. The van der Waals surface area contributed by atoms with Crippen LogP contribution in [0.1, 0.15) is 31.1 Å². The van der Waals surface area contributed by atoms with Crippen molar-refractivity contribution in [2.24, 2.45) is 11.1 Å². The van der Waals surface area contributed by atoms with Gasteiger partial charge in [-0.25, -0.2) is 0 Å². The first-order chi connectivity index (χ1) is 9.27. The minimum absolute atomic E-state index is 0.166. The van der Waals surface area contributed by atoms with Crippen LogP contribution in [0.4, 0.5) is 5.69 Å². The maximum atomic E-state index is 12.2. The lowest BCUT2D eigenvalue weighted by molar-refractivity contribution is -0.125. The summed E-state index contributed by atoms with van der Waals surface area (Å²) < 4.78 is 0. The quantitative estimate of drug-likeness (QED) is 0.751. The normalized spacial score (nSPS) is 11.0. The van der Waals surface area contributed by atoms with E-state index >= 15 is 0 Å². The second-order valence-corrected chi connectivity index (χ2v) is 5.59. The minimum Gasteiger partial charge on any atom is -0.385 e. The Balaban J connectivity index is 2.87. The number of carbonyl (C=O) groups excluding carboxylic acids is 2. The summed E-state index contributed by atoms with van der Waals surface area (Å²) in [5.41, 5.74) is 5.62. The third-order valence-electron chi connectivity index (χ3n) is 2.95. The molecule has 0 aliphatic carbocycles. The van der Waals surface area contributed by atoms with E-state index < -0.39 is 11.3 Å². The van der Waals surface area contributed by atoms with E-state index in [1.54, 1.807) is 32.0 Å². The Morgan fingerprint density at radius 1 is 1.35 bits per heavy atom. The average Bonchev–Trinajstić information content (AvgIpc) is 2.38. The molecule has 0 aliphatic rings. The minimum atomic E-state index is -0.799. The van der Waals surface area contributed by atoms with E-state index in [0.29, 0.717) is 22.8 Å². The van der Waals surface area contributed by atoms with Crippen LogP contribution in [0, 0.1) is 5.41 Å².